The summed E-state index contributed by atoms with van der Waals surface area (Å²) in [4.78, 5) is 14.7. The summed E-state index contributed by atoms with van der Waals surface area (Å²) in [5.74, 6) is 0.621. The number of thiophene rings is 1. The molecular formula is C21H19FN4OS. The molecule has 1 aromatic carbocycles. The van der Waals surface area contributed by atoms with Crippen molar-refractivity contribution < 1.29 is 9.50 Å². The minimum absolute atomic E-state index is 0.00299. The maximum Gasteiger partial charge on any atom is 0.213 e. The third-order valence-electron chi connectivity index (χ3n) is 4.52. The molecule has 3 heterocycles. The molecule has 0 saturated heterocycles. The fourth-order valence-corrected chi connectivity index (χ4v) is 4.21. The van der Waals surface area contributed by atoms with E-state index in [-0.39, 0.29) is 12.6 Å². The minimum Gasteiger partial charge on any atom is -0.392 e. The van der Waals surface area contributed by atoms with E-state index < -0.39 is 5.95 Å². The third kappa shape index (κ3) is 3.58. The number of fused-ring (bicyclic) bond motifs is 1. The van der Waals surface area contributed by atoms with Crippen LogP contribution in [0.5, 0.6) is 0 Å². The lowest BCUT2D eigenvalue weighted by atomic mass is 10.1. The van der Waals surface area contributed by atoms with Crippen molar-refractivity contribution in [2.45, 2.75) is 26.5 Å². The summed E-state index contributed by atoms with van der Waals surface area (Å²) in [5, 5.41) is 13.6. The highest BCUT2D eigenvalue weighted by Crippen LogP contribution is 2.35. The lowest BCUT2D eigenvalue weighted by molar-refractivity contribution is 0.282. The van der Waals surface area contributed by atoms with Gasteiger partial charge in [-0.2, -0.15) is 4.39 Å². The van der Waals surface area contributed by atoms with E-state index in [4.69, 9.17) is 0 Å². The Labute approximate surface area is 165 Å². The zero-order chi connectivity index (χ0) is 19.7. The SMILES string of the molecule is Cc1nc(NC(C)c2ccc(-c3ccccc3CO)s2)c2cc(F)ncc2n1. The van der Waals surface area contributed by atoms with Gasteiger partial charge in [0.05, 0.1) is 24.4 Å². The first kappa shape index (κ1) is 18.5. The van der Waals surface area contributed by atoms with Crippen molar-refractivity contribution in [2.24, 2.45) is 0 Å². The number of halogens is 1. The quantitative estimate of drug-likeness (QED) is 0.473. The number of aliphatic hydroxyl groups excluding tert-OH is 1. The molecule has 5 nitrogen and oxygen atoms in total. The zero-order valence-corrected chi connectivity index (χ0v) is 16.3. The fourth-order valence-electron chi connectivity index (χ4n) is 3.14. The number of pyridine rings is 1. The molecule has 28 heavy (non-hydrogen) atoms. The van der Waals surface area contributed by atoms with E-state index >= 15 is 0 Å². The van der Waals surface area contributed by atoms with Gasteiger partial charge in [-0.25, -0.2) is 15.0 Å². The molecule has 7 heteroatoms. The van der Waals surface area contributed by atoms with Gasteiger partial charge in [-0.3, -0.25) is 0 Å². The van der Waals surface area contributed by atoms with Crippen molar-refractivity contribution >= 4 is 28.1 Å². The van der Waals surface area contributed by atoms with Gasteiger partial charge in [-0.1, -0.05) is 24.3 Å². The highest BCUT2D eigenvalue weighted by Gasteiger charge is 2.15. The van der Waals surface area contributed by atoms with Crippen LogP contribution in [0.4, 0.5) is 10.2 Å². The van der Waals surface area contributed by atoms with Gasteiger partial charge in [0.15, 0.2) is 0 Å². The van der Waals surface area contributed by atoms with Gasteiger partial charge in [0.2, 0.25) is 5.95 Å². The third-order valence-corrected chi connectivity index (χ3v) is 5.82. The largest absolute Gasteiger partial charge is 0.392 e. The van der Waals surface area contributed by atoms with Gasteiger partial charge in [0.25, 0.3) is 0 Å². The molecule has 4 rings (SSSR count). The van der Waals surface area contributed by atoms with Crippen molar-refractivity contribution in [2.75, 3.05) is 5.32 Å². The molecule has 2 N–H and O–H groups in total. The van der Waals surface area contributed by atoms with E-state index in [0.29, 0.717) is 22.5 Å². The van der Waals surface area contributed by atoms with Gasteiger partial charge >= 0.3 is 0 Å². The van der Waals surface area contributed by atoms with Gasteiger partial charge in [0, 0.05) is 21.2 Å². The number of rotatable bonds is 5. The summed E-state index contributed by atoms with van der Waals surface area (Å²) in [6.45, 7) is 3.84. The summed E-state index contributed by atoms with van der Waals surface area (Å²) >= 11 is 1.65. The molecule has 1 atom stereocenters. The Hall–Kier alpha value is -2.90. The Morgan fingerprint density at radius 3 is 2.82 bits per heavy atom. The van der Waals surface area contributed by atoms with Crippen LogP contribution in [0.3, 0.4) is 0 Å². The highest BCUT2D eigenvalue weighted by atomic mass is 32.1. The number of hydrogen-bond donors (Lipinski definition) is 2. The van der Waals surface area contributed by atoms with Crippen LogP contribution in [0.15, 0.2) is 48.7 Å². The van der Waals surface area contributed by atoms with Gasteiger partial charge in [-0.05, 0) is 37.1 Å². The van der Waals surface area contributed by atoms with E-state index in [1.54, 1.807) is 18.3 Å². The monoisotopic (exact) mass is 394 g/mol. The number of anilines is 1. The molecule has 142 valence electrons. The van der Waals surface area contributed by atoms with Crippen molar-refractivity contribution in [3.05, 3.63) is 70.9 Å². The van der Waals surface area contributed by atoms with Crippen LogP contribution >= 0.6 is 11.3 Å². The van der Waals surface area contributed by atoms with Crippen molar-refractivity contribution in [3.8, 4) is 10.4 Å². The van der Waals surface area contributed by atoms with Crippen molar-refractivity contribution in [1.82, 2.24) is 15.0 Å². The van der Waals surface area contributed by atoms with E-state index in [1.165, 1.54) is 12.3 Å². The van der Waals surface area contributed by atoms with E-state index in [0.717, 1.165) is 20.9 Å². The second-order valence-electron chi connectivity index (χ2n) is 6.53. The van der Waals surface area contributed by atoms with E-state index in [9.17, 15) is 9.50 Å². The first-order valence-electron chi connectivity index (χ1n) is 8.90. The average molecular weight is 394 g/mol. The van der Waals surface area contributed by atoms with E-state index in [1.807, 2.05) is 31.2 Å². The smallest absolute Gasteiger partial charge is 0.213 e. The standard InChI is InChI=1S/C21H19FN4OS/c1-12(18-7-8-19(28-18)15-6-4-3-5-14(15)11-27)24-21-16-9-20(22)23-10-17(16)25-13(2)26-21/h3-10,12,27H,11H2,1-2H3,(H,24,25,26). The molecular weight excluding hydrogens is 375 g/mol. The molecule has 0 aliphatic heterocycles. The van der Waals surface area contributed by atoms with Gasteiger partial charge in [0.1, 0.15) is 11.6 Å². The molecule has 0 radical (unpaired) electrons. The Morgan fingerprint density at radius 2 is 2.00 bits per heavy atom. The van der Waals surface area contributed by atoms with Crippen LogP contribution in [0.25, 0.3) is 21.3 Å². The first-order valence-corrected chi connectivity index (χ1v) is 9.72. The molecule has 0 spiro atoms. The van der Waals surface area contributed by atoms with Crippen molar-refractivity contribution in [1.29, 1.82) is 0 Å². The molecule has 0 saturated carbocycles. The number of aromatic nitrogens is 3. The molecule has 0 aliphatic rings. The number of nitrogens with zero attached hydrogens (tertiary/aromatic N) is 3. The fraction of sp³-hybridized carbons (Fsp3) is 0.190. The van der Waals surface area contributed by atoms with E-state index in [2.05, 4.69) is 32.4 Å². The topological polar surface area (TPSA) is 70.9 Å². The Bertz CT molecular complexity index is 1140. The highest BCUT2D eigenvalue weighted by molar-refractivity contribution is 7.15. The normalized spacial score (nSPS) is 12.3. The molecule has 0 amide bonds. The summed E-state index contributed by atoms with van der Waals surface area (Å²) in [5.41, 5.74) is 2.54. The molecule has 0 bridgehead atoms. The second-order valence-corrected chi connectivity index (χ2v) is 7.64. The Kier molecular flexibility index (Phi) is 5.02. The number of nitrogens with one attached hydrogen (secondary N) is 1. The molecule has 0 fully saturated rings. The van der Waals surface area contributed by atoms with Gasteiger partial charge < -0.3 is 10.4 Å². The lowest BCUT2D eigenvalue weighted by Gasteiger charge is -2.15. The first-order chi connectivity index (χ1) is 13.5. The summed E-state index contributed by atoms with van der Waals surface area (Å²) in [7, 11) is 0. The number of benzene rings is 1. The molecule has 1 unspecified atom stereocenters. The summed E-state index contributed by atoms with van der Waals surface area (Å²) in [6, 6.07) is 13.3. The van der Waals surface area contributed by atoms with Crippen LogP contribution in [0.2, 0.25) is 0 Å². The summed E-state index contributed by atoms with van der Waals surface area (Å²) < 4.78 is 13.6. The molecule has 0 aliphatic carbocycles. The second kappa shape index (κ2) is 7.61. The molecule has 4 aromatic rings. The predicted molar refractivity (Wildman–Crippen MR) is 110 cm³/mol. The number of aryl methyl sites for hydroxylation is 1. The lowest BCUT2D eigenvalue weighted by Crippen LogP contribution is -2.08. The van der Waals surface area contributed by atoms with Crippen LogP contribution in [0.1, 0.15) is 29.2 Å². The zero-order valence-electron chi connectivity index (χ0n) is 15.5. The molecule has 3 aromatic heterocycles. The predicted octanol–water partition coefficient (Wildman–Crippen LogP) is 4.87. The van der Waals surface area contributed by atoms with Crippen LogP contribution < -0.4 is 5.32 Å². The number of aliphatic hydroxyl groups is 1. The average Bonchev–Trinajstić information content (AvgIpc) is 3.18. The maximum absolute atomic E-state index is 13.6. The Morgan fingerprint density at radius 1 is 1.18 bits per heavy atom. The van der Waals surface area contributed by atoms with Crippen LogP contribution in [0, 0.1) is 12.9 Å². The minimum atomic E-state index is -0.560. The van der Waals surface area contributed by atoms with Crippen LogP contribution in [-0.4, -0.2) is 20.1 Å². The van der Waals surface area contributed by atoms with Gasteiger partial charge in [-0.15, -0.1) is 11.3 Å². The Balaban J connectivity index is 1.65. The van der Waals surface area contributed by atoms with Crippen LogP contribution in [-0.2, 0) is 6.61 Å². The number of hydrogen-bond acceptors (Lipinski definition) is 6. The van der Waals surface area contributed by atoms with Crippen molar-refractivity contribution in [3.63, 3.8) is 0 Å². The summed E-state index contributed by atoms with van der Waals surface area (Å²) in [6.07, 6.45) is 1.42. The maximum atomic E-state index is 13.6.